The Balaban J connectivity index is 1.89. The summed E-state index contributed by atoms with van der Waals surface area (Å²) >= 11 is 0. The third-order valence-electron chi connectivity index (χ3n) is 2.99. The molecule has 1 aromatic carbocycles. The Morgan fingerprint density at radius 1 is 1.26 bits per heavy atom. The molecule has 0 aliphatic rings. The Labute approximate surface area is 130 Å². The van der Waals surface area contributed by atoms with Gasteiger partial charge in [-0.05, 0) is 24.3 Å². The molecule has 2 aromatic rings. The zero-order valence-corrected chi connectivity index (χ0v) is 11.9. The third kappa shape index (κ3) is 4.36. The van der Waals surface area contributed by atoms with Crippen LogP contribution in [0.25, 0.3) is 0 Å². The van der Waals surface area contributed by atoms with Crippen molar-refractivity contribution in [3.63, 3.8) is 0 Å². The van der Waals surface area contributed by atoms with Gasteiger partial charge in [-0.3, -0.25) is 9.59 Å². The lowest BCUT2D eigenvalue weighted by atomic mass is 10.2. The number of aliphatic hydroxyl groups is 1. The topological polar surface area (TPSA) is 91.6 Å². The highest BCUT2D eigenvalue weighted by atomic mass is 19.1. The van der Waals surface area contributed by atoms with Gasteiger partial charge in [0.15, 0.2) is 0 Å². The number of rotatable bonds is 6. The standard InChI is InChI=1S/C15H14F2N2O4/c16-9-3-4-10(11(17)6-9)15(22)18-7-14(21)19-12(8-20)13-2-1-5-23-13/h1-6,12,20H,7-8H2,(H,18,22)(H,19,21). The molecule has 6 nitrogen and oxygen atoms in total. The van der Waals surface area contributed by atoms with E-state index in [0.717, 1.165) is 12.1 Å². The number of amides is 2. The fraction of sp³-hybridized carbons (Fsp3) is 0.200. The number of hydrogen-bond acceptors (Lipinski definition) is 4. The van der Waals surface area contributed by atoms with E-state index in [9.17, 15) is 23.5 Å². The van der Waals surface area contributed by atoms with Gasteiger partial charge < -0.3 is 20.2 Å². The van der Waals surface area contributed by atoms with Crippen LogP contribution in [0.1, 0.15) is 22.2 Å². The van der Waals surface area contributed by atoms with Gasteiger partial charge in [0, 0.05) is 6.07 Å². The monoisotopic (exact) mass is 324 g/mol. The second kappa shape index (κ2) is 7.50. The van der Waals surface area contributed by atoms with Crippen LogP contribution in [0.2, 0.25) is 0 Å². The number of aliphatic hydroxyl groups excluding tert-OH is 1. The van der Waals surface area contributed by atoms with Crippen LogP contribution in [0.15, 0.2) is 41.0 Å². The molecular weight excluding hydrogens is 310 g/mol. The second-order valence-electron chi connectivity index (χ2n) is 4.62. The van der Waals surface area contributed by atoms with Crippen LogP contribution < -0.4 is 10.6 Å². The minimum Gasteiger partial charge on any atom is -0.467 e. The van der Waals surface area contributed by atoms with Crippen molar-refractivity contribution >= 4 is 11.8 Å². The molecule has 1 atom stereocenters. The SMILES string of the molecule is O=C(CNC(=O)c1ccc(F)cc1F)NC(CO)c1ccco1. The summed E-state index contributed by atoms with van der Waals surface area (Å²) in [6.45, 7) is -0.827. The van der Waals surface area contributed by atoms with Crippen molar-refractivity contribution in [3.8, 4) is 0 Å². The molecule has 1 heterocycles. The van der Waals surface area contributed by atoms with Gasteiger partial charge in [-0.1, -0.05) is 0 Å². The number of nitrogens with one attached hydrogen (secondary N) is 2. The molecule has 0 aliphatic heterocycles. The largest absolute Gasteiger partial charge is 0.467 e. The zero-order valence-electron chi connectivity index (χ0n) is 11.9. The quantitative estimate of drug-likeness (QED) is 0.743. The van der Waals surface area contributed by atoms with E-state index < -0.39 is 36.0 Å². The van der Waals surface area contributed by atoms with E-state index in [1.54, 1.807) is 12.1 Å². The molecule has 0 fully saturated rings. The molecule has 0 bridgehead atoms. The van der Waals surface area contributed by atoms with Crippen molar-refractivity contribution < 1.29 is 27.9 Å². The predicted octanol–water partition coefficient (Wildman–Crippen LogP) is 1.14. The first-order valence-electron chi connectivity index (χ1n) is 6.68. The molecule has 1 aromatic heterocycles. The fourth-order valence-electron chi connectivity index (χ4n) is 1.87. The van der Waals surface area contributed by atoms with Gasteiger partial charge in [0.2, 0.25) is 5.91 Å². The highest BCUT2D eigenvalue weighted by molar-refractivity contribution is 5.96. The maximum absolute atomic E-state index is 13.4. The van der Waals surface area contributed by atoms with Gasteiger partial charge in [-0.2, -0.15) is 0 Å². The molecule has 2 amide bonds. The van der Waals surface area contributed by atoms with E-state index in [1.165, 1.54) is 6.26 Å². The molecule has 2 rings (SSSR count). The fourth-order valence-corrected chi connectivity index (χ4v) is 1.87. The summed E-state index contributed by atoms with van der Waals surface area (Å²) in [6.07, 6.45) is 1.39. The van der Waals surface area contributed by atoms with Crippen molar-refractivity contribution in [2.75, 3.05) is 13.2 Å². The van der Waals surface area contributed by atoms with Crippen molar-refractivity contribution in [2.24, 2.45) is 0 Å². The molecule has 0 radical (unpaired) electrons. The third-order valence-corrected chi connectivity index (χ3v) is 2.99. The van der Waals surface area contributed by atoms with Crippen LogP contribution in [-0.2, 0) is 4.79 Å². The molecule has 0 saturated carbocycles. The van der Waals surface area contributed by atoms with Crippen molar-refractivity contribution in [1.82, 2.24) is 10.6 Å². The predicted molar refractivity (Wildman–Crippen MR) is 75.4 cm³/mol. The van der Waals surface area contributed by atoms with Crippen molar-refractivity contribution in [1.29, 1.82) is 0 Å². The minimum atomic E-state index is -1.02. The smallest absolute Gasteiger partial charge is 0.254 e. The Bertz CT molecular complexity index is 689. The van der Waals surface area contributed by atoms with Crippen LogP contribution >= 0.6 is 0 Å². The van der Waals surface area contributed by atoms with Gasteiger partial charge in [-0.15, -0.1) is 0 Å². The maximum Gasteiger partial charge on any atom is 0.254 e. The number of halogens is 2. The Hall–Kier alpha value is -2.74. The van der Waals surface area contributed by atoms with Crippen molar-refractivity contribution in [3.05, 3.63) is 59.6 Å². The molecule has 23 heavy (non-hydrogen) atoms. The summed E-state index contributed by atoms with van der Waals surface area (Å²) in [4.78, 5) is 23.5. The molecule has 0 spiro atoms. The maximum atomic E-state index is 13.4. The molecule has 0 aliphatic carbocycles. The van der Waals surface area contributed by atoms with E-state index in [4.69, 9.17) is 4.42 Å². The van der Waals surface area contributed by atoms with Crippen LogP contribution in [0.4, 0.5) is 8.78 Å². The first kappa shape index (κ1) is 16.6. The Morgan fingerprint density at radius 2 is 2.04 bits per heavy atom. The summed E-state index contributed by atoms with van der Waals surface area (Å²) in [5.74, 6) is -2.92. The van der Waals surface area contributed by atoms with Gasteiger partial charge in [0.25, 0.3) is 5.91 Å². The van der Waals surface area contributed by atoms with Gasteiger partial charge in [0.1, 0.15) is 23.4 Å². The van der Waals surface area contributed by atoms with E-state index in [1.807, 2.05) is 0 Å². The molecular formula is C15H14F2N2O4. The number of carbonyl (C=O) groups is 2. The number of benzene rings is 1. The average molecular weight is 324 g/mol. The van der Waals surface area contributed by atoms with Crippen LogP contribution in [0.3, 0.4) is 0 Å². The number of hydrogen-bond donors (Lipinski definition) is 3. The number of furan rings is 1. The first-order chi connectivity index (χ1) is 11.0. The summed E-state index contributed by atoms with van der Waals surface area (Å²) in [7, 11) is 0. The van der Waals surface area contributed by atoms with E-state index >= 15 is 0 Å². The summed E-state index contributed by atoms with van der Waals surface area (Å²) < 4.78 is 31.3. The van der Waals surface area contributed by atoms with E-state index in [-0.39, 0.29) is 12.2 Å². The van der Waals surface area contributed by atoms with E-state index in [0.29, 0.717) is 11.8 Å². The molecule has 3 N–H and O–H groups in total. The van der Waals surface area contributed by atoms with Gasteiger partial charge in [0.05, 0.1) is 25.0 Å². The molecule has 0 saturated heterocycles. The summed E-state index contributed by atoms with van der Waals surface area (Å²) in [5, 5.41) is 13.9. The van der Waals surface area contributed by atoms with E-state index in [2.05, 4.69) is 10.6 Å². The van der Waals surface area contributed by atoms with Gasteiger partial charge >= 0.3 is 0 Å². The molecule has 1 unspecified atom stereocenters. The van der Waals surface area contributed by atoms with Gasteiger partial charge in [-0.25, -0.2) is 8.78 Å². The van der Waals surface area contributed by atoms with Crippen LogP contribution in [-0.4, -0.2) is 30.1 Å². The minimum absolute atomic E-state index is 0.358. The lowest BCUT2D eigenvalue weighted by Crippen LogP contribution is -2.39. The second-order valence-corrected chi connectivity index (χ2v) is 4.62. The Morgan fingerprint density at radius 3 is 2.65 bits per heavy atom. The molecule has 122 valence electrons. The van der Waals surface area contributed by atoms with Crippen LogP contribution in [0.5, 0.6) is 0 Å². The average Bonchev–Trinajstić information content (AvgIpc) is 3.04. The lowest BCUT2D eigenvalue weighted by molar-refractivity contribution is -0.121. The highest BCUT2D eigenvalue weighted by Gasteiger charge is 2.18. The summed E-state index contributed by atoms with van der Waals surface area (Å²) in [5.41, 5.74) is -0.371. The normalized spacial score (nSPS) is 11.8. The highest BCUT2D eigenvalue weighted by Crippen LogP contribution is 2.12. The zero-order chi connectivity index (χ0) is 16.8. The van der Waals surface area contributed by atoms with Crippen LogP contribution in [0, 0.1) is 11.6 Å². The number of carbonyl (C=O) groups excluding carboxylic acids is 2. The lowest BCUT2D eigenvalue weighted by Gasteiger charge is -2.14. The Kier molecular flexibility index (Phi) is 5.42. The first-order valence-corrected chi connectivity index (χ1v) is 6.68. The van der Waals surface area contributed by atoms with Crippen molar-refractivity contribution in [2.45, 2.75) is 6.04 Å². The molecule has 8 heteroatoms. The summed E-state index contributed by atoms with van der Waals surface area (Å²) in [6, 6.07) is 4.93.